The number of hydrogen-bond acceptors (Lipinski definition) is 7. The Kier molecular flexibility index (Phi) is 4.57. The number of benzene rings is 1. The Morgan fingerprint density at radius 2 is 2.14 bits per heavy atom. The van der Waals surface area contributed by atoms with Gasteiger partial charge in [0.05, 0.1) is 29.2 Å². The number of pyridine rings is 1. The highest BCUT2D eigenvalue weighted by Gasteiger charge is 2.26. The Balaban J connectivity index is 1.55. The number of hydrogen-bond donors (Lipinski definition) is 2. The van der Waals surface area contributed by atoms with Crippen LogP contribution in [-0.2, 0) is 14.8 Å². The normalized spacial score (nSPS) is 12.1. The van der Waals surface area contributed by atoms with Gasteiger partial charge in [-0.3, -0.25) is 14.9 Å². The van der Waals surface area contributed by atoms with Crippen molar-refractivity contribution in [1.29, 1.82) is 0 Å². The van der Waals surface area contributed by atoms with Crippen molar-refractivity contribution in [3.63, 3.8) is 0 Å². The second-order valence-electron chi connectivity index (χ2n) is 6.27. The van der Waals surface area contributed by atoms with E-state index in [9.17, 15) is 13.2 Å². The molecule has 0 bridgehead atoms. The molecule has 0 saturated carbocycles. The number of carbonyl (C=O) groups is 1. The first-order valence-corrected chi connectivity index (χ1v) is 10.5. The van der Waals surface area contributed by atoms with Crippen LogP contribution in [0.25, 0.3) is 21.1 Å². The average Bonchev–Trinajstić information content (AvgIpc) is 3.26. The van der Waals surface area contributed by atoms with Crippen LogP contribution in [0.5, 0.6) is 0 Å². The molecule has 2 N–H and O–H groups in total. The molecule has 0 aliphatic carbocycles. The molecule has 0 spiro atoms. The number of fused-ring (bicyclic) bond motifs is 2. The fraction of sp³-hybridized carbons (Fsp3) is 0.176. The van der Waals surface area contributed by atoms with E-state index in [-0.39, 0.29) is 11.4 Å². The summed E-state index contributed by atoms with van der Waals surface area (Å²) in [6, 6.07) is 5.20. The maximum Gasteiger partial charge on any atom is 0.245 e. The minimum absolute atomic E-state index is 0.0846. The lowest BCUT2D eigenvalue weighted by Crippen LogP contribution is -2.35. The molecule has 0 aliphatic heterocycles. The summed E-state index contributed by atoms with van der Waals surface area (Å²) in [6.45, 7) is 1.46. The number of H-pyrrole nitrogens is 1. The Hall–Kier alpha value is -2.89. The van der Waals surface area contributed by atoms with Crippen molar-refractivity contribution in [3.05, 3.63) is 42.4 Å². The van der Waals surface area contributed by atoms with E-state index < -0.39 is 15.9 Å². The van der Waals surface area contributed by atoms with E-state index in [0.29, 0.717) is 21.6 Å². The number of sulfonamides is 1. The second-order valence-corrected chi connectivity index (χ2v) is 9.31. The fourth-order valence-corrected chi connectivity index (χ4v) is 5.05. The van der Waals surface area contributed by atoms with Gasteiger partial charge in [-0.25, -0.2) is 13.4 Å². The van der Waals surface area contributed by atoms with Crippen molar-refractivity contribution in [3.8, 4) is 0 Å². The molecule has 28 heavy (non-hydrogen) atoms. The predicted molar refractivity (Wildman–Crippen MR) is 107 cm³/mol. The molecule has 144 valence electrons. The van der Waals surface area contributed by atoms with Crippen LogP contribution in [0.15, 0.2) is 41.7 Å². The van der Waals surface area contributed by atoms with Gasteiger partial charge in [-0.1, -0.05) is 11.3 Å². The zero-order chi connectivity index (χ0) is 19.9. The summed E-state index contributed by atoms with van der Waals surface area (Å²) in [5, 5.41) is 10.4. The lowest BCUT2D eigenvalue weighted by molar-refractivity contribution is -0.116. The fourth-order valence-electron chi connectivity index (χ4n) is 2.82. The van der Waals surface area contributed by atoms with E-state index in [2.05, 4.69) is 25.5 Å². The van der Waals surface area contributed by atoms with E-state index in [0.717, 1.165) is 14.6 Å². The van der Waals surface area contributed by atoms with Gasteiger partial charge in [0.25, 0.3) is 0 Å². The van der Waals surface area contributed by atoms with Crippen LogP contribution in [0, 0.1) is 6.92 Å². The van der Waals surface area contributed by atoms with Gasteiger partial charge >= 0.3 is 0 Å². The van der Waals surface area contributed by atoms with Gasteiger partial charge < -0.3 is 5.32 Å². The molecule has 11 heteroatoms. The highest BCUT2D eigenvalue weighted by molar-refractivity contribution is 7.89. The molecular weight excluding hydrogens is 400 g/mol. The minimum atomic E-state index is -3.90. The minimum Gasteiger partial charge on any atom is -0.301 e. The topological polar surface area (TPSA) is 121 Å². The van der Waals surface area contributed by atoms with Crippen LogP contribution in [-0.4, -0.2) is 52.4 Å². The SMILES string of the molecule is Cc1cc(S(=O)(=O)N(C)CC(=O)Nc2nc3cnccc3s2)c2[nH]ncc2c1. The molecule has 0 saturated heterocycles. The summed E-state index contributed by atoms with van der Waals surface area (Å²) in [7, 11) is -2.53. The predicted octanol–water partition coefficient (Wildman–Crippen LogP) is 2.14. The highest BCUT2D eigenvalue weighted by atomic mass is 32.2. The smallest absolute Gasteiger partial charge is 0.245 e. The molecule has 0 atom stereocenters. The first-order valence-electron chi connectivity index (χ1n) is 8.25. The Morgan fingerprint density at radius 3 is 2.93 bits per heavy atom. The second kappa shape index (κ2) is 6.93. The van der Waals surface area contributed by atoms with Gasteiger partial charge in [0, 0.05) is 18.6 Å². The van der Waals surface area contributed by atoms with Crippen LogP contribution in [0.3, 0.4) is 0 Å². The van der Waals surface area contributed by atoms with Gasteiger partial charge in [-0.15, -0.1) is 0 Å². The molecule has 0 fully saturated rings. The van der Waals surface area contributed by atoms with E-state index in [1.165, 1.54) is 18.4 Å². The number of nitrogens with one attached hydrogen (secondary N) is 2. The maximum atomic E-state index is 13.0. The molecule has 3 heterocycles. The van der Waals surface area contributed by atoms with E-state index >= 15 is 0 Å². The number of likely N-dealkylation sites (N-methyl/N-ethyl adjacent to an activating group) is 1. The lowest BCUT2D eigenvalue weighted by Gasteiger charge is -2.17. The van der Waals surface area contributed by atoms with Crippen molar-refractivity contribution in [1.82, 2.24) is 24.5 Å². The molecule has 4 rings (SSSR count). The molecule has 1 amide bonds. The van der Waals surface area contributed by atoms with Crippen LogP contribution in [0.4, 0.5) is 5.13 Å². The van der Waals surface area contributed by atoms with Crippen molar-refractivity contribution in [2.24, 2.45) is 0 Å². The number of anilines is 1. The molecule has 9 nitrogen and oxygen atoms in total. The van der Waals surface area contributed by atoms with Crippen molar-refractivity contribution < 1.29 is 13.2 Å². The number of nitrogens with zero attached hydrogens (tertiary/aromatic N) is 4. The monoisotopic (exact) mass is 416 g/mol. The third-order valence-electron chi connectivity index (χ3n) is 4.15. The standard InChI is InChI=1S/C17H16N6O3S2/c1-10-5-11-7-19-22-16(11)14(6-10)28(25,26)23(2)9-15(24)21-17-20-12-8-18-4-3-13(12)27-17/h3-8H,9H2,1-2H3,(H,19,22)(H,20,21,24). The zero-order valence-corrected chi connectivity index (χ0v) is 16.6. The molecule has 0 radical (unpaired) electrons. The number of thiazole rings is 1. The molecule has 3 aromatic heterocycles. The summed E-state index contributed by atoms with van der Waals surface area (Å²) < 4.78 is 27.9. The summed E-state index contributed by atoms with van der Waals surface area (Å²) in [5.41, 5.74) is 1.87. The molecule has 4 aromatic rings. The summed E-state index contributed by atoms with van der Waals surface area (Å²) in [6.07, 6.45) is 4.81. The van der Waals surface area contributed by atoms with Crippen LogP contribution in [0.1, 0.15) is 5.56 Å². The Bertz CT molecular complexity index is 1260. The van der Waals surface area contributed by atoms with Gasteiger partial charge in [-0.05, 0) is 30.7 Å². The molecule has 0 unspecified atom stereocenters. The van der Waals surface area contributed by atoms with Crippen molar-refractivity contribution >= 4 is 53.5 Å². The summed E-state index contributed by atoms with van der Waals surface area (Å²) in [4.78, 5) is 20.7. The largest absolute Gasteiger partial charge is 0.301 e. The van der Waals surface area contributed by atoms with Gasteiger partial charge in [0.2, 0.25) is 15.9 Å². The number of aromatic amines is 1. The zero-order valence-electron chi connectivity index (χ0n) is 15.0. The van der Waals surface area contributed by atoms with Crippen molar-refractivity contribution in [2.75, 3.05) is 18.9 Å². The average molecular weight is 416 g/mol. The number of aryl methyl sites for hydroxylation is 1. The number of amides is 1. The quantitative estimate of drug-likeness (QED) is 0.514. The third-order valence-corrected chi connectivity index (χ3v) is 6.93. The third kappa shape index (κ3) is 3.35. The van der Waals surface area contributed by atoms with Crippen LogP contribution in [0.2, 0.25) is 0 Å². The number of rotatable bonds is 5. The van der Waals surface area contributed by atoms with E-state index in [4.69, 9.17) is 0 Å². The number of carbonyl (C=O) groups excluding carboxylic acids is 1. The van der Waals surface area contributed by atoms with Gasteiger partial charge in [0.1, 0.15) is 10.4 Å². The Labute approximate surface area is 164 Å². The van der Waals surface area contributed by atoms with Crippen molar-refractivity contribution in [2.45, 2.75) is 11.8 Å². The molecule has 0 aliphatic rings. The number of aromatic nitrogens is 4. The highest BCUT2D eigenvalue weighted by Crippen LogP contribution is 2.26. The maximum absolute atomic E-state index is 13.0. The van der Waals surface area contributed by atoms with E-state index in [1.807, 2.05) is 6.07 Å². The van der Waals surface area contributed by atoms with Gasteiger partial charge in [-0.2, -0.15) is 9.40 Å². The summed E-state index contributed by atoms with van der Waals surface area (Å²) >= 11 is 1.30. The van der Waals surface area contributed by atoms with Crippen LogP contribution < -0.4 is 5.32 Å². The van der Waals surface area contributed by atoms with E-state index in [1.54, 1.807) is 37.6 Å². The first-order chi connectivity index (χ1) is 13.3. The Morgan fingerprint density at radius 1 is 1.32 bits per heavy atom. The molecular formula is C17H16N6O3S2. The lowest BCUT2D eigenvalue weighted by atomic mass is 10.2. The summed E-state index contributed by atoms with van der Waals surface area (Å²) in [5.74, 6) is -0.480. The van der Waals surface area contributed by atoms with Gasteiger partial charge in [0.15, 0.2) is 5.13 Å². The first kappa shape index (κ1) is 18.5. The van der Waals surface area contributed by atoms with Crippen LogP contribution >= 0.6 is 11.3 Å². The molecule has 1 aromatic carbocycles.